The lowest BCUT2D eigenvalue weighted by Crippen LogP contribution is -2.50. The predicted octanol–water partition coefficient (Wildman–Crippen LogP) is 3.46. The third kappa shape index (κ3) is 7.95. The van der Waals surface area contributed by atoms with E-state index < -0.39 is 16.1 Å². The monoisotopic (exact) mass is 487 g/mol. The van der Waals surface area contributed by atoms with Gasteiger partial charge in [0, 0.05) is 33.1 Å². The van der Waals surface area contributed by atoms with Crippen LogP contribution >= 0.6 is 0 Å². The van der Waals surface area contributed by atoms with Gasteiger partial charge in [0.25, 0.3) is 0 Å². The van der Waals surface area contributed by atoms with Crippen molar-refractivity contribution in [2.75, 3.05) is 26.7 Å². The van der Waals surface area contributed by atoms with Crippen LogP contribution in [0.2, 0.25) is 0 Å². The van der Waals surface area contributed by atoms with Crippen LogP contribution in [0.3, 0.4) is 0 Å². The maximum atomic E-state index is 13.2. The van der Waals surface area contributed by atoms with Gasteiger partial charge >= 0.3 is 0 Å². The molecule has 0 saturated carbocycles. The maximum Gasteiger partial charge on any atom is 0.242 e. The Labute approximate surface area is 204 Å². The Hall–Kier alpha value is -2.71. The van der Waals surface area contributed by atoms with Crippen LogP contribution in [0.5, 0.6) is 0 Å². The van der Waals surface area contributed by atoms with Crippen LogP contribution < -0.4 is 5.32 Å². The molecule has 2 aromatic carbocycles. The fourth-order valence-corrected chi connectivity index (χ4v) is 4.98. The normalized spacial score (nSPS) is 12.4. The molecule has 0 aliphatic heterocycles. The molecule has 0 fully saturated rings. The summed E-state index contributed by atoms with van der Waals surface area (Å²) >= 11 is 0. The average Bonchev–Trinajstić information content (AvgIpc) is 2.86. The highest BCUT2D eigenvalue weighted by Crippen LogP contribution is 2.15. The lowest BCUT2D eigenvalue weighted by Gasteiger charge is -2.31. The van der Waals surface area contributed by atoms with E-state index >= 15 is 0 Å². The van der Waals surface area contributed by atoms with Gasteiger partial charge in [-0.15, -0.1) is 0 Å². The highest BCUT2D eigenvalue weighted by atomic mass is 32.2. The van der Waals surface area contributed by atoms with Crippen molar-refractivity contribution in [2.45, 2.75) is 56.9 Å². The van der Waals surface area contributed by atoms with Crippen LogP contribution in [0.15, 0.2) is 65.6 Å². The van der Waals surface area contributed by atoms with Crippen molar-refractivity contribution in [3.05, 3.63) is 66.2 Å². The van der Waals surface area contributed by atoms with Gasteiger partial charge in [0.05, 0.1) is 4.90 Å². The number of hydrogen-bond donors (Lipinski definition) is 1. The third-order valence-corrected chi connectivity index (χ3v) is 7.61. The lowest BCUT2D eigenvalue weighted by molar-refractivity contribution is -0.140. The van der Waals surface area contributed by atoms with Gasteiger partial charge in [-0.2, -0.15) is 0 Å². The zero-order chi connectivity index (χ0) is 25.0. The minimum absolute atomic E-state index is 0.139. The summed E-state index contributed by atoms with van der Waals surface area (Å²) in [6.45, 7) is 5.10. The van der Waals surface area contributed by atoms with E-state index in [0.717, 1.165) is 12.0 Å². The van der Waals surface area contributed by atoms with E-state index in [1.807, 2.05) is 44.2 Å². The molecule has 1 atom stereocenters. The van der Waals surface area contributed by atoms with Gasteiger partial charge in [0.2, 0.25) is 21.8 Å². The van der Waals surface area contributed by atoms with Crippen LogP contribution in [0.1, 0.15) is 45.1 Å². The van der Waals surface area contributed by atoms with Gasteiger partial charge in [-0.25, -0.2) is 12.7 Å². The van der Waals surface area contributed by atoms with Crippen molar-refractivity contribution < 1.29 is 18.0 Å². The Bertz CT molecular complexity index is 997. The summed E-state index contributed by atoms with van der Waals surface area (Å²) in [5.74, 6) is -0.283. The fraction of sp³-hybridized carbons (Fsp3) is 0.462. The Morgan fingerprint density at radius 2 is 1.56 bits per heavy atom. The second kappa shape index (κ2) is 13.9. The molecule has 8 heteroatoms. The molecule has 0 spiro atoms. The number of amides is 2. The van der Waals surface area contributed by atoms with E-state index in [4.69, 9.17) is 0 Å². The fourth-order valence-electron chi connectivity index (χ4n) is 3.75. The minimum atomic E-state index is -3.60. The van der Waals surface area contributed by atoms with Crippen molar-refractivity contribution >= 4 is 21.8 Å². The third-order valence-electron chi connectivity index (χ3n) is 5.73. The lowest BCUT2D eigenvalue weighted by atomic mass is 10.1. The summed E-state index contributed by atoms with van der Waals surface area (Å²) in [5.41, 5.74) is 1.10. The Morgan fingerprint density at radius 1 is 0.941 bits per heavy atom. The predicted molar refractivity (Wildman–Crippen MR) is 135 cm³/mol. The maximum absolute atomic E-state index is 13.2. The molecule has 7 nitrogen and oxygen atoms in total. The molecule has 0 aliphatic carbocycles. The zero-order valence-electron chi connectivity index (χ0n) is 20.4. The second-order valence-electron chi connectivity index (χ2n) is 8.28. The molecule has 1 unspecified atom stereocenters. The number of benzene rings is 2. The quantitative estimate of drug-likeness (QED) is 0.442. The standard InChI is InChI=1S/C26H37N3O4S/c1-4-19-27-26(31)24(5-2)29(21-18-22-13-8-6-9-14-22)25(30)17-12-20-28(3)34(32,33)23-15-10-7-11-16-23/h6-11,13-16,24H,4-5,12,17-21H2,1-3H3,(H,27,31). The van der Waals surface area contributed by atoms with Crippen molar-refractivity contribution in [1.29, 1.82) is 0 Å². The van der Waals surface area contributed by atoms with E-state index in [1.54, 1.807) is 35.2 Å². The number of nitrogens with one attached hydrogen (secondary N) is 1. The second-order valence-corrected chi connectivity index (χ2v) is 10.3. The van der Waals surface area contributed by atoms with Crippen molar-refractivity contribution in [3.63, 3.8) is 0 Å². The molecule has 2 rings (SSSR count). The Morgan fingerprint density at radius 3 is 2.15 bits per heavy atom. The van der Waals surface area contributed by atoms with E-state index in [2.05, 4.69) is 5.32 Å². The van der Waals surface area contributed by atoms with E-state index in [-0.39, 0.29) is 29.7 Å². The molecule has 0 aliphatic rings. The van der Waals surface area contributed by atoms with Gasteiger partial charge in [-0.05, 0) is 43.4 Å². The number of nitrogens with zero attached hydrogens (tertiary/aromatic N) is 2. The highest BCUT2D eigenvalue weighted by molar-refractivity contribution is 7.89. The average molecular weight is 488 g/mol. The molecular formula is C26H37N3O4S. The Balaban J connectivity index is 2.05. The van der Waals surface area contributed by atoms with Gasteiger partial charge < -0.3 is 10.2 Å². The molecule has 2 aromatic rings. The first kappa shape index (κ1) is 27.5. The van der Waals surface area contributed by atoms with Crippen molar-refractivity contribution in [1.82, 2.24) is 14.5 Å². The first-order valence-electron chi connectivity index (χ1n) is 11.9. The first-order valence-corrected chi connectivity index (χ1v) is 13.4. The van der Waals surface area contributed by atoms with Gasteiger partial charge in [-0.3, -0.25) is 9.59 Å². The van der Waals surface area contributed by atoms with Gasteiger partial charge in [0.1, 0.15) is 6.04 Å². The number of rotatable bonds is 14. The molecule has 0 heterocycles. The van der Waals surface area contributed by atoms with Gasteiger partial charge in [0.15, 0.2) is 0 Å². The van der Waals surface area contributed by atoms with Gasteiger partial charge in [-0.1, -0.05) is 62.4 Å². The molecule has 0 aromatic heterocycles. The van der Waals surface area contributed by atoms with E-state index in [0.29, 0.717) is 32.4 Å². The molecule has 2 amide bonds. The summed E-state index contributed by atoms with van der Waals surface area (Å²) in [4.78, 5) is 27.9. The number of carbonyl (C=O) groups is 2. The van der Waals surface area contributed by atoms with Crippen molar-refractivity contribution in [2.24, 2.45) is 0 Å². The summed E-state index contributed by atoms with van der Waals surface area (Å²) < 4.78 is 26.7. The molecule has 34 heavy (non-hydrogen) atoms. The van der Waals surface area contributed by atoms with Crippen LogP contribution in [-0.2, 0) is 26.0 Å². The molecule has 1 N–H and O–H groups in total. The van der Waals surface area contributed by atoms with Crippen molar-refractivity contribution in [3.8, 4) is 0 Å². The SMILES string of the molecule is CCCNC(=O)C(CC)N(CCc1ccccc1)C(=O)CCCN(C)S(=O)(=O)c1ccccc1. The molecule has 0 radical (unpaired) electrons. The number of carbonyl (C=O) groups excluding carboxylic acids is 2. The molecule has 186 valence electrons. The summed E-state index contributed by atoms with van der Waals surface area (Å²) in [6, 6.07) is 17.6. The Kier molecular flexibility index (Phi) is 11.2. The largest absolute Gasteiger partial charge is 0.354 e. The number of sulfonamides is 1. The zero-order valence-corrected chi connectivity index (χ0v) is 21.3. The summed E-state index contributed by atoms with van der Waals surface area (Å²) in [6.07, 6.45) is 2.52. The minimum Gasteiger partial charge on any atom is -0.354 e. The summed E-state index contributed by atoms with van der Waals surface area (Å²) in [7, 11) is -2.08. The van der Waals surface area contributed by atoms with E-state index in [1.165, 1.54) is 11.4 Å². The van der Waals surface area contributed by atoms with Crippen LogP contribution in [0.25, 0.3) is 0 Å². The van der Waals surface area contributed by atoms with Crippen LogP contribution in [0.4, 0.5) is 0 Å². The van der Waals surface area contributed by atoms with Crippen LogP contribution in [0, 0.1) is 0 Å². The topological polar surface area (TPSA) is 86.8 Å². The van der Waals surface area contributed by atoms with E-state index in [9.17, 15) is 18.0 Å². The summed E-state index contributed by atoms with van der Waals surface area (Å²) in [5, 5.41) is 2.91. The first-order chi connectivity index (χ1) is 16.3. The molecule has 0 saturated heterocycles. The highest BCUT2D eigenvalue weighted by Gasteiger charge is 2.28. The smallest absolute Gasteiger partial charge is 0.242 e. The molecular weight excluding hydrogens is 450 g/mol. The number of hydrogen-bond acceptors (Lipinski definition) is 4. The molecule has 0 bridgehead atoms. The van der Waals surface area contributed by atoms with Crippen LogP contribution in [-0.4, -0.2) is 62.2 Å².